The number of para-hydroxylation sites is 2. The molecule has 0 atom stereocenters. The van der Waals surface area contributed by atoms with Gasteiger partial charge in [-0.15, -0.1) is 0 Å². The quantitative estimate of drug-likeness (QED) is 0.166. The summed E-state index contributed by atoms with van der Waals surface area (Å²) in [4.78, 5) is 4.47. The van der Waals surface area contributed by atoms with Crippen LogP contribution in [0.25, 0.3) is 82.8 Å². The van der Waals surface area contributed by atoms with Crippen molar-refractivity contribution in [3.63, 3.8) is 0 Å². The summed E-state index contributed by atoms with van der Waals surface area (Å²) >= 11 is 0. The number of hydrogen-bond donors (Lipinski definition) is 0. The Balaban J connectivity index is 1.26. The van der Waals surface area contributed by atoms with E-state index in [4.69, 9.17) is 12.3 Å². The van der Waals surface area contributed by atoms with Gasteiger partial charge in [0.15, 0.2) is 0 Å². The molecule has 9 aromatic rings. The Labute approximate surface area is 322 Å². The van der Waals surface area contributed by atoms with Crippen LogP contribution in [0.2, 0.25) is 0 Å². The second-order valence-corrected chi connectivity index (χ2v) is 13.7. The maximum absolute atomic E-state index is 9.49. The molecule has 0 amide bonds. The lowest BCUT2D eigenvalue weighted by Gasteiger charge is -2.23. The first-order valence-electron chi connectivity index (χ1n) is 23.7. The van der Waals surface area contributed by atoms with Gasteiger partial charge in [0.2, 0.25) is 0 Å². The van der Waals surface area contributed by atoms with Crippen molar-refractivity contribution < 1.29 is 17.8 Å². The van der Waals surface area contributed by atoms with Crippen LogP contribution in [0, 0.1) is 0 Å². The third-order valence-corrected chi connectivity index (χ3v) is 10.5. The van der Waals surface area contributed by atoms with E-state index >= 15 is 0 Å². The molecule has 0 aliphatic heterocycles. The molecular weight excluding hydrogens is 629 g/mol. The molecule has 8 aromatic carbocycles. The number of imidazole rings is 1. The zero-order chi connectivity index (χ0) is 46.2. The van der Waals surface area contributed by atoms with E-state index in [1.807, 2.05) is 42.5 Å². The van der Waals surface area contributed by atoms with Crippen LogP contribution < -0.4 is 0 Å². The molecule has 10 rings (SSSR count). The summed E-state index contributed by atoms with van der Waals surface area (Å²) in [5, 5.41) is 0.428. The van der Waals surface area contributed by atoms with Crippen LogP contribution in [0.5, 0.6) is 0 Å². The zero-order valence-corrected chi connectivity index (χ0v) is 28.4. The van der Waals surface area contributed by atoms with Crippen LogP contribution in [0.1, 0.15) is 55.5 Å². The molecule has 2 nitrogen and oxygen atoms in total. The molecule has 52 heavy (non-hydrogen) atoms. The fourth-order valence-corrected chi connectivity index (χ4v) is 8.11. The number of rotatable bonds is 5. The van der Waals surface area contributed by atoms with E-state index in [0.717, 1.165) is 22.3 Å². The lowest BCUT2D eigenvalue weighted by Crippen LogP contribution is -2.14. The third-order valence-electron chi connectivity index (χ3n) is 10.5. The van der Waals surface area contributed by atoms with Crippen molar-refractivity contribution in [3.8, 4) is 50.2 Å². The summed E-state index contributed by atoms with van der Waals surface area (Å²) in [5.74, 6) is -0.289. The molecule has 0 unspecified atom stereocenters. The second-order valence-electron chi connectivity index (χ2n) is 13.7. The minimum absolute atomic E-state index is 0.0962. The Bertz CT molecular complexity index is 3450. The Morgan fingerprint density at radius 1 is 0.596 bits per heavy atom. The van der Waals surface area contributed by atoms with Crippen molar-refractivity contribution in [2.75, 3.05) is 0 Å². The van der Waals surface area contributed by atoms with Crippen LogP contribution >= 0.6 is 0 Å². The van der Waals surface area contributed by atoms with Gasteiger partial charge in [-0.3, -0.25) is 4.57 Å². The Kier molecular flexibility index (Phi) is 4.47. The Hall–Kier alpha value is -6.25. The van der Waals surface area contributed by atoms with Crippen molar-refractivity contribution in [2.45, 2.75) is 32.5 Å². The summed E-state index contributed by atoms with van der Waals surface area (Å²) in [7, 11) is 0. The molecule has 1 aliphatic carbocycles. The maximum Gasteiger partial charge on any atom is 0.114 e. The minimum Gasteiger partial charge on any atom is -0.296 e. The van der Waals surface area contributed by atoms with Gasteiger partial charge in [-0.25, -0.2) is 4.98 Å². The van der Waals surface area contributed by atoms with Gasteiger partial charge < -0.3 is 0 Å². The van der Waals surface area contributed by atoms with E-state index in [9.17, 15) is 5.48 Å². The van der Waals surface area contributed by atoms with Crippen molar-refractivity contribution in [1.82, 2.24) is 9.55 Å². The van der Waals surface area contributed by atoms with Gasteiger partial charge in [0.05, 0.1) is 22.0 Å². The highest BCUT2D eigenvalue weighted by molar-refractivity contribution is 6.21. The Morgan fingerprint density at radius 3 is 1.92 bits per heavy atom. The highest BCUT2D eigenvalue weighted by atomic mass is 15.1. The average Bonchev–Trinajstić information content (AvgIpc) is 3.80. The molecule has 1 heterocycles. The number of aromatic nitrogens is 2. The van der Waals surface area contributed by atoms with E-state index in [1.54, 1.807) is 60.7 Å². The standard InChI is InChI=1S/C50H38N2/c1-4-47-51-45-25-11-12-26-46(45)52(47)36-18-14-16-33(30-36)32-15-13-17-34(29-32)48-39-20-5-7-22-41(39)49(42-23-8-6-21-40(42)48)35-27-28-38-37-19-9-10-24-43(37)50(2,3)44(38)31-35/h5-31H,4H2,1-3H3/i1D3,4D2,5D,6D,7D,8D,20D,21D,22D,23D. The first-order chi connectivity index (χ1) is 30.7. The molecular formula is C50H38N2. The Morgan fingerprint density at radius 2 is 1.19 bits per heavy atom. The van der Waals surface area contributed by atoms with Gasteiger partial charge in [0, 0.05) is 24.3 Å². The lowest BCUT2D eigenvalue weighted by atomic mass is 9.80. The highest BCUT2D eigenvalue weighted by Crippen LogP contribution is 2.51. The molecule has 0 spiro atoms. The van der Waals surface area contributed by atoms with E-state index in [2.05, 4.69) is 31.0 Å². The summed E-state index contributed by atoms with van der Waals surface area (Å²) in [6.45, 7) is 1.20. The van der Waals surface area contributed by atoms with Gasteiger partial charge >= 0.3 is 0 Å². The molecule has 0 saturated heterocycles. The van der Waals surface area contributed by atoms with E-state index in [1.165, 1.54) is 4.57 Å². The van der Waals surface area contributed by atoms with E-state index in [0.29, 0.717) is 39.0 Å². The van der Waals surface area contributed by atoms with Gasteiger partial charge in [-0.2, -0.15) is 0 Å². The van der Waals surface area contributed by atoms with E-state index in [-0.39, 0.29) is 62.7 Å². The highest BCUT2D eigenvalue weighted by Gasteiger charge is 2.35. The molecule has 0 saturated carbocycles. The molecule has 2 heteroatoms. The molecule has 0 fully saturated rings. The normalized spacial score (nSPS) is 17.2. The van der Waals surface area contributed by atoms with Crippen molar-refractivity contribution >= 4 is 32.6 Å². The lowest BCUT2D eigenvalue weighted by molar-refractivity contribution is 0.660. The number of aryl methyl sites for hydroxylation is 1. The SMILES string of the molecule is [2H]c1c([2H])c([2H])c2c(-c3ccc4c(c3)C(C)(C)c3ccccc3-4)c3c([2H])c([2H])c([2H])c([2H])c3c(-c3cccc(-c4cccc(-n5c(C([2H])([2H])C([2H])([2H])[2H])nc6ccccc65)c4)c3)c2c1[2H]. The van der Waals surface area contributed by atoms with Crippen molar-refractivity contribution in [2.24, 2.45) is 0 Å². The number of benzene rings is 8. The number of fused-ring (bicyclic) bond motifs is 6. The summed E-state index contributed by atoms with van der Waals surface area (Å²) in [5.41, 5.74) is 7.77. The summed E-state index contributed by atoms with van der Waals surface area (Å²) in [6.07, 6.45) is -2.82. The van der Waals surface area contributed by atoms with Crippen molar-refractivity contribution in [3.05, 3.63) is 181 Å². The van der Waals surface area contributed by atoms with Gasteiger partial charge in [-0.05, 0) is 114 Å². The zero-order valence-electron chi connectivity index (χ0n) is 41.4. The smallest absolute Gasteiger partial charge is 0.114 e. The van der Waals surface area contributed by atoms with E-state index < -0.39 is 42.8 Å². The van der Waals surface area contributed by atoms with Gasteiger partial charge in [-0.1, -0.05) is 148 Å². The summed E-state index contributed by atoms with van der Waals surface area (Å²) < 4.78 is 117. The predicted octanol–water partition coefficient (Wildman–Crippen LogP) is 13.2. The van der Waals surface area contributed by atoms with Crippen molar-refractivity contribution in [1.29, 1.82) is 0 Å². The second kappa shape index (κ2) is 11.6. The minimum atomic E-state index is -3.04. The molecule has 1 aliphatic rings. The van der Waals surface area contributed by atoms with Gasteiger partial charge in [0.25, 0.3) is 0 Å². The molecule has 0 N–H and O–H groups in total. The van der Waals surface area contributed by atoms with Crippen LogP contribution in [0.3, 0.4) is 0 Å². The third kappa shape index (κ3) is 4.54. The monoisotopic (exact) mass is 679 g/mol. The predicted molar refractivity (Wildman–Crippen MR) is 219 cm³/mol. The van der Waals surface area contributed by atoms with Crippen LogP contribution in [-0.4, -0.2) is 9.55 Å². The molecule has 0 radical (unpaired) electrons. The van der Waals surface area contributed by atoms with Crippen LogP contribution in [-0.2, 0) is 11.8 Å². The fraction of sp³-hybridized carbons (Fsp3) is 0.100. The maximum atomic E-state index is 9.49. The largest absolute Gasteiger partial charge is 0.296 e. The van der Waals surface area contributed by atoms with Gasteiger partial charge in [0.1, 0.15) is 5.82 Å². The fourth-order valence-electron chi connectivity index (χ4n) is 8.11. The first kappa shape index (κ1) is 20.0. The number of hydrogen-bond acceptors (Lipinski definition) is 1. The van der Waals surface area contributed by atoms with Crippen LogP contribution in [0.4, 0.5) is 0 Å². The number of nitrogens with zero attached hydrogens (tertiary/aromatic N) is 2. The first-order valence-corrected chi connectivity index (χ1v) is 17.2. The molecule has 1 aromatic heterocycles. The van der Waals surface area contributed by atoms with Crippen LogP contribution in [0.15, 0.2) is 164 Å². The topological polar surface area (TPSA) is 17.8 Å². The summed E-state index contributed by atoms with van der Waals surface area (Å²) in [6, 6.07) is 31.7. The molecule has 0 bridgehead atoms. The molecule has 248 valence electrons. The average molecular weight is 680 g/mol.